The van der Waals surface area contributed by atoms with Crippen molar-refractivity contribution < 1.29 is 13.3 Å². The van der Waals surface area contributed by atoms with Crippen molar-refractivity contribution >= 4 is 29.5 Å². The molecule has 6 heteroatoms. The summed E-state index contributed by atoms with van der Waals surface area (Å²) in [6.07, 6.45) is 1.85. The molecular formula is C12H30O3SSi2. The molecule has 0 atom stereocenters. The Labute approximate surface area is 120 Å². The molecule has 0 amide bonds. The summed E-state index contributed by atoms with van der Waals surface area (Å²) >= 11 is 4.25. The van der Waals surface area contributed by atoms with Crippen molar-refractivity contribution in [2.45, 2.75) is 51.4 Å². The van der Waals surface area contributed by atoms with Crippen LogP contribution in [0.5, 0.6) is 0 Å². The molecule has 0 fully saturated rings. The van der Waals surface area contributed by atoms with E-state index in [1.165, 1.54) is 18.1 Å². The third-order valence-electron chi connectivity index (χ3n) is 4.11. The molecule has 0 aromatic heterocycles. The molecule has 0 aliphatic carbocycles. The lowest BCUT2D eigenvalue weighted by Crippen LogP contribution is -2.49. The molecule has 0 aromatic carbocycles. The lowest BCUT2D eigenvalue weighted by molar-refractivity contribution is 0.113. The van der Waals surface area contributed by atoms with E-state index >= 15 is 0 Å². The van der Waals surface area contributed by atoms with Crippen LogP contribution >= 0.6 is 12.6 Å². The molecule has 0 radical (unpaired) electrons. The van der Waals surface area contributed by atoms with Gasteiger partial charge in [-0.15, -0.1) is 0 Å². The maximum atomic E-state index is 6.19. The van der Waals surface area contributed by atoms with Gasteiger partial charge in [-0.2, -0.15) is 12.6 Å². The minimum Gasteiger partial charge on any atom is -0.377 e. The molecule has 0 rings (SSSR count). The van der Waals surface area contributed by atoms with Crippen molar-refractivity contribution in [3.05, 3.63) is 0 Å². The van der Waals surface area contributed by atoms with Gasteiger partial charge in [-0.1, -0.05) is 38.9 Å². The molecule has 0 heterocycles. The Morgan fingerprint density at radius 1 is 0.944 bits per heavy atom. The van der Waals surface area contributed by atoms with Crippen molar-refractivity contribution in [3.63, 3.8) is 0 Å². The van der Waals surface area contributed by atoms with Gasteiger partial charge in [0.2, 0.25) is 0 Å². The van der Waals surface area contributed by atoms with E-state index in [2.05, 4.69) is 33.4 Å². The van der Waals surface area contributed by atoms with Gasteiger partial charge in [-0.25, -0.2) is 0 Å². The molecule has 0 aliphatic rings. The van der Waals surface area contributed by atoms with E-state index in [9.17, 15) is 0 Å². The van der Waals surface area contributed by atoms with Crippen LogP contribution in [-0.4, -0.2) is 43.1 Å². The Balaban J connectivity index is 4.58. The maximum Gasteiger partial charge on any atom is 0.500 e. The fourth-order valence-corrected chi connectivity index (χ4v) is 8.33. The maximum absolute atomic E-state index is 6.19. The summed E-state index contributed by atoms with van der Waals surface area (Å²) in [6, 6.07) is 4.67. The molecular weight excluding hydrogens is 280 g/mol. The van der Waals surface area contributed by atoms with Crippen molar-refractivity contribution in [2.75, 3.05) is 26.2 Å². The van der Waals surface area contributed by atoms with E-state index in [0.29, 0.717) is 0 Å². The summed E-state index contributed by atoms with van der Waals surface area (Å²) in [5, 5.41) is 0. The van der Waals surface area contributed by atoms with Gasteiger partial charge < -0.3 is 13.3 Å². The Bertz CT molecular complexity index is 201. The first kappa shape index (κ1) is 18.7. The summed E-state index contributed by atoms with van der Waals surface area (Å²) in [7, 11) is -0.283. The summed E-state index contributed by atoms with van der Waals surface area (Å²) < 4.78 is 17.4. The zero-order valence-electron chi connectivity index (χ0n) is 12.6. The highest BCUT2D eigenvalue weighted by Gasteiger charge is 2.41. The minimum atomic E-state index is -2.44. The van der Waals surface area contributed by atoms with E-state index in [4.69, 9.17) is 13.3 Å². The summed E-state index contributed by atoms with van der Waals surface area (Å²) in [5.74, 6) is 0.850. The Morgan fingerprint density at radius 2 is 1.44 bits per heavy atom. The Morgan fingerprint density at radius 3 is 1.78 bits per heavy atom. The van der Waals surface area contributed by atoms with Crippen molar-refractivity contribution in [2.24, 2.45) is 0 Å². The highest BCUT2D eigenvalue weighted by Crippen LogP contribution is 2.24. The van der Waals surface area contributed by atoms with Crippen LogP contribution in [0.25, 0.3) is 0 Å². The number of hydrogen-bond donors (Lipinski definition) is 1. The standard InChI is InChI=1S/C12H30O3SSi2/c1-6-17(7-2,8-3)12-15-18(13-4,14-5)11-9-10-16/h16H,6-12H2,1-5H3. The molecule has 3 nitrogen and oxygen atoms in total. The molecule has 0 saturated heterocycles. The lowest BCUT2D eigenvalue weighted by Gasteiger charge is -2.33. The predicted octanol–water partition coefficient (Wildman–Crippen LogP) is 3.60. The second-order valence-electron chi connectivity index (χ2n) is 4.77. The highest BCUT2D eigenvalue weighted by molar-refractivity contribution is 7.80. The van der Waals surface area contributed by atoms with Gasteiger partial charge in [0, 0.05) is 26.5 Å². The van der Waals surface area contributed by atoms with Crippen LogP contribution in [0.4, 0.5) is 0 Å². The molecule has 0 aromatic rings. The van der Waals surface area contributed by atoms with Gasteiger partial charge in [-0.05, 0) is 12.2 Å². The summed E-state index contributed by atoms with van der Waals surface area (Å²) in [4.78, 5) is 0. The van der Waals surface area contributed by atoms with E-state index in [1.807, 2.05) is 0 Å². The van der Waals surface area contributed by atoms with Gasteiger partial charge in [0.25, 0.3) is 0 Å². The molecule has 110 valence electrons. The first-order chi connectivity index (χ1) is 8.57. The van der Waals surface area contributed by atoms with E-state index in [1.54, 1.807) is 14.2 Å². The van der Waals surface area contributed by atoms with Gasteiger partial charge in [0.15, 0.2) is 0 Å². The van der Waals surface area contributed by atoms with Gasteiger partial charge in [0.05, 0.1) is 8.07 Å². The minimum absolute atomic E-state index is 0.850. The molecule has 18 heavy (non-hydrogen) atoms. The fraction of sp³-hybridized carbons (Fsp3) is 1.00. The third kappa shape index (κ3) is 5.34. The zero-order valence-corrected chi connectivity index (χ0v) is 15.5. The van der Waals surface area contributed by atoms with E-state index < -0.39 is 16.9 Å². The molecule has 0 saturated carbocycles. The van der Waals surface area contributed by atoms with Crippen molar-refractivity contribution in [3.8, 4) is 0 Å². The van der Waals surface area contributed by atoms with Gasteiger partial charge in [0.1, 0.15) is 0 Å². The number of hydrogen-bond acceptors (Lipinski definition) is 4. The van der Waals surface area contributed by atoms with E-state index in [-0.39, 0.29) is 0 Å². The monoisotopic (exact) mass is 310 g/mol. The highest BCUT2D eigenvalue weighted by atomic mass is 32.1. The van der Waals surface area contributed by atoms with E-state index in [0.717, 1.165) is 24.4 Å². The average molecular weight is 311 g/mol. The third-order valence-corrected chi connectivity index (χ3v) is 12.8. The average Bonchev–Trinajstić information content (AvgIpc) is 2.44. The second-order valence-corrected chi connectivity index (χ2v) is 13.6. The van der Waals surface area contributed by atoms with Crippen molar-refractivity contribution in [1.82, 2.24) is 0 Å². The first-order valence-corrected chi connectivity index (χ1v) is 12.3. The molecule has 0 unspecified atom stereocenters. The summed E-state index contributed by atoms with van der Waals surface area (Å²) in [5.41, 5.74) is 0. The topological polar surface area (TPSA) is 27.7 Å². The molecule has 0 N–H and O–H groups in total. The quantitative estimate of drug-likeness (QED) is 0.467. The van der Waals surface area contributed by atoms with Crippen LogP contribution in [0.2, 0.25) is 24.2 Å². The van der Waals surface area contributed by atoms with Crippen LogP contribution < -0.4 is 0 Å². The van der Waals surface area contributed by atoms with Gasteiger partial charge in [-0.3, -0.25) is 0 Å². The Kier molecular flexibility index (Phi) is 9.90. The summed E-state index contributed by atoms with van der Waals surface area (Å²) in [6.45, 7) is 6.87. The van der Waals surface area contributed by atoms with Gasteiger partial charge >= 0.3 is 8.80 Å². The van der Waals surface area contributed by atoms with Crippen molar-refractivity contribution in [1.29, 1.82) is 0 Å². The zero-order chi connectivity index (χ0) is 14.1. The van der Waals surface area contributed by atoms with Crippen LogP contribution in [0, 0.1) is 0 Å². The molecule has 0 bridgehead atoms. The fourth-order valence-electron chi connectivity index (χ4n) is 2.09. The normalized spacial score (nSPS) is 13.0. The first-order valence-electron chi connectivity index (χ1n) is 6.92. The largest absolute Gasteiger partial charge is 0.500 e. The molecule has 0 spiro atoms. The lowest BCUT2D eigenvalue weighted by atomic mass is 10.6. The van der Waals surface area contributed by atoms with Crippen LogP contribution in [0.15, 0.2) is 0 Å². The number of thiol groups is 1. The SMILES string of the molecule is CC[Si](CC)(CC)CO[Si](CCCS)(OC)OC. The predicted molar refractivity (Wildman–Crippen MR) is 86.2 cm³/mol. The van der Waals surface area contributed by atoms with Crippen LogP contribution in [-0.2, 0) is 13.3 Å². The Hall–Kier alpha value is 0.664. The molecule has 0 aliphatic heterocycles. The van der Waals surface area contributed by atoms with Crippen LogP contribution in [0.1, 0.15) is 27.2 Å². The van der Waals surface area contributed by atoms with Crippen LogP contribution in [0.3, 0.4) is 0 Å². The smallest absolute Gasteiger partial charge is 0.377 e. The second kappa shape index (κ2) is 9.55. The number of rotatable bonds is 11.